The predicted molar refractivity (Wildman–Crippen MR) is 45.3 cm³/mol. The molecular weight excluding hydrogens is 177 g/mol. The minimum Gasteiger partial charge on any atom is -0.321 e. The summed E-state index contributed by atoms with van der Waals surface area (Å²) in [6.45, 7) is 3.29. The van der Waals surface area contributed by atoms with Gasteiger partial charge in [0, 0.05) is 18.0 Å². The van der Waals surface area contributed by atoms with Gasteiger partial charge in [-0.25, -0.2) is 0 Å². The molecule has 4 nitrogen and oxygen atoms in total. The third kappa shape index (κ3) is 2.01. The van der Waals surface area contributed by atoms with Crippen LogP contribution < -0.4 is 0 Å². The summed E-state index contributed by atoms with van der Waals surface area (Å²) in [7, 11) is -4.21. The van der Waals surface area contributed by atoms with Gasteiger partial charge in [0.15, 0.2) is 0 Å². The van der Waals surface area contributed by atoms with Crippen LogP contribution >= 0.6 is 7.60 Å². The van der Waals surface area contributed by atoms with Crippen molar-refractivity contribution in [1.82, 2.24) is 4.98 Å². The summed E-state index contributed by atoms with van der Waals surface area (Å²) in [5.74, 6) is 0. The second kappa shape index (κ2) is 3.19. The summed E-state index contributed by atoms with van der Waals surface area (Å²) in [6, 6.07) is 3.14. The monoisotopic (exact) mass is 185 g/mol. The first kappa shape index (κ1) is 9.13. The van der Waals surface area contributed by atoms with Crippen molar-refractivity contribution < 1.29 is 14.4 Å². The number of rotatable bonds is 2. The van der Waals surface area contributed by atoms with Crippen molar-refractivity contribution in [3.05, 3.63) is 36.7 Å². The van der Waals surface area contributed by atoms with E-state index in [-0.39, 0.29) is 5.31 Å². The topological polar surface area (TPSA) is 70.4 Å². The zero-order chi connectivity index (χ0) is 9.19. The van der Waals surface area contributed by atoms with E-state index in [9.17, 15) is 4.57 Å². The Morgan fingerprint density at radius 1 is 1.58 bits per heavy atom. The van der Waals surface area contributed by atoms with E-state index in [1.165, 1.54) is 12.4 Å². The highest BCUT2D eigenvalue weighted by Crippen LogP contribution is 2.49. The van der Waals surface area contributed by atoms with Gasteiger partial charge in [-0.05, 0) is 6.07 Å². The molecule has 0 aliphatic heterocycles. The lowest BCUT2D eigenvalue weighted by atomic mass is 10.3. The molecule has 0 atom stereocenters. The van der Waals surface area contributed by atoms with Crippen LogP contribution in [0.15, 0.2) is 31.1 Å². The van der Waals surface area contributed by atoms with Gasteiger partial charge in [-0.3, -0.25) is 9.55 Å². The fourth-order valence-corrected chi connectivity index (χ4v) is 1.17. The molecule has 64 valence electrons. The van der Waals surface area contributed by atoms with Crippen molar-refractivity contribution in [3.8, 4) is 0 Å². The van der Waals surface area contributed by atoms with Gasteiger partial charge in [0.05, 0.1) is 5.31 Å². The van der Waals surface area contributed by atoms with Gasteiger partial charge in [0.2, 0.25) is 0 Å². The molecule has 5 heteroatoms. The molecule has 0 aliphatic rings. The molecule has 1 aromatic heterocycles. The van der Waals surface area contributed by atoms with E-state index in [0.29, 0.717) is 5.56 Å². The van der Waals surface area contributed by atoms with Crippen molar-refractivity contribution >= 4 is 12.9 Å². The first-order chi connectivity index (χ1) is 5.52. The molecule has 0 spiro atoms. The van der Waals surface area contributed by atoms with Crippen LogP contribution in [-0.2, 0) is 4.57 Å². The molecule has 0 saturated carbocycles. The number of nitrogens with zero attached hydrogens (tertiary/aromatic N) is 1. The van der Waals surface area contributed by atoms with Gasteiger partial charge in [-0.2, -0.15) is 0 Å². The number of aromatic nitrogens is 1. The minimum absolute atomic E-state index is 0.199. The highest BCUT2D eigenvalue weighted by atomic mass is 31.2. The predicted octanol–water partition coefficient (Wildman–Crippen LogP) is 1.23. The fraction of sp³-hybridized carbons (Fsp3) is 0. The molecule has 0 fully saturated rings. The van der Waals surface area contributed by atoms with E-state index >= 15 is 0 Å². The molecule has 0 radical (unpaired) electrons. The molecule has 0 unspecified atom stereocenters. The van der Waals surface area contributed by atoms with E-state index in [1.807, 2.05) is 0 Å². The molecule has 0 aliphatic carbocycles. The van der Waals surface area contributed by atoms with E-state index in [1.54, 1.807) is 12.1 Å². The van der Waals surface area contributed by atoms with Gasteiger partial charge < -0.3 is 9.79 Å². The Kier molecular flexibility index (Phi) is 2.43. The normalized spacial score (nSPS) is 11.2. The van der Waals surface area contributed by atoms with Crippen LogP contribution in [0.3, 0.4) is 0 Å². The van der Waals surface area contributed by atoms with Crippen LogP contribution in [0, 0.1) is 0 Å². The van der Waals surface area contributed by atoms with Crippen molar-refractivity contribution in [2.75, 3.05) is 0 Å². The third-order valence-corrected chi connectivity index (χ3v) is 2.31. The van der Waals surface area contributed by atoms with Crippen LogP contribution in [-0.4, -0.2) is 14.8 Å². The zero-order valence-electron chi connectivity index (χ0n) is 6.21. The zero-order valence-corrected chi connectivity index (χ0v) is 7.11. The number of pyridine rings is 1. The summed E-state index contributed by atoms with van der Waals surface area (Å²) >= 11 is 0. The number of hydrogen-bond donors (Lipinski definition) is 2. The fourth-order valence-electron chi connectivity index (χ4n) is 0.702. The van der Waals surface area contributed by atoms with Crippen molar-refractivity contribution in [2.24, 2.45) is 0 Å². The SMILES string of the molecule is C=C(c1cccnc1)P(=O)(O)O. The Morgan fingerprint density at radius 3 is 2.67 bits per heavy atom. The van der Waals surface area contributed by atoms with Crippen LogP contribution in [0.25, 0.3) is 5.31 Å². The Balaban J connectivity index is 3.03. The van der Waals surface area contributed by atoms with Crippen LogP contribution in [0.4, 0.5) is 0 Å². The van der Waals surface area contributed by atoms with Gasteiger partial charge in [-0.1, -0.05) is 12.6 Å². The minimum atomic E-state index is -4.21. The lowest BCUT2D eigenvalue weighted by Crippen LogP contribution is -1.85. The second-order valence-corrected chi connectivity index (χ2v) is 3.86. The average molecular weight is 185 g/mol. The molecular formula is C7H8NO3P. The average Bonchev–Trinajstić information content (AvgIpc) is 2.03. The molecule has 12 heavy (non-hydrogen) atoms. The lowest BCUT2D eigenvalue weighted by Gasteiger charge is -2.05. The maximum Gasteiger partial charge on any atom is 0.356 e. The third-order valence-electron chi connectivity index (χ3n) is 1.35. The first-order valence-electron chi connectivity index (χ1n) is 3.17. The highest BCUT2D eigenvalue weighted by molar-refractivity contribution is 7.63. The smallest absolute Gasteiger partial charge is 0.321 e. The first-order valence-corrected chi connectivity index (χ1v) is 4.78. The number of hydrogen-bond acceptors (Lipinski definition) is 2. The summed E-state index contributed by atoms with van der Waals surface area (Å²) in [5, 5.41) is -0.199. The Morgan fingerprint density at radius 2 is 2.25 bits per heavy atom. The van der Waals surface area contributed by atoms with Gasteiger partial charge in [0.1, 0.15) is 0 Å². The molecule has 1 aromatic rings. The maximum absolute atomic E-state index is 10.7. The van der Waals surface area contributed by atoms with Gasteiger partial charge >= 0.3 is 7.60 Å². The lowest BCUT2D eigenvalue weighted by molar-refractivity contribution is 0.388. The van der Waals surface area contributed by atoms with E-state index in [4.69, 9.17) is 9.79 Å². The van der Waals surface area contributed by atoms with Crippen LogP contribution in [0.2, 0.25) is 0 Å². The Bertz CT molecular complexity index is 330. The molecule has 1 rings (SSSR count). The van der Waals surface area contributed by atoms with Crippen molar-refractivity contribution in [2.45, 2.75) is 0 Å². The van der Waals surface area contributed by atoms with Gasteiger partial charge in [0.25, 0.3) is 0 Å². The largest absolute Gasteiger partial charge is 0.356 e. The molecule has 0 amide bonds. The van der Waals surface area contributed by atoms with Crippen molar-refractivity contribution in [3.63, 3.8) is 0 Å². The Labute approximate surface area is 69.7 Å². The highest BCUT2D eigenvalue weighted by Gasteiger charge is 2.19. The van der Waals surface area contributed by atoms with Crippen LogP contribution in [0.5, 0.6) is 0 Å². The maximum atomic E-state index is 10.7. The molecule has 0 aromatic carbocycles. The van der Waals surface area contributed by atoms with Crippen LogP contribution in [0.1, 0.15) is 5.56 Å². The molecule has 1 heterocycles. The summed E-state index contributed by atoms with van der Waals surface area (Å²) in [4.78, 5) is 21.2. The standard InChI is InChI=1S/C7H8NO3P/c1-6(12(9,10)11)7-3-2-4-8-5-7/h2-5H,1H2,(H2,9,10,11). The summed E-state index contributed by atoms with van der Waals surface area (Å²) in [5.41, 5.74) is 0.367. The molecule has 0 bridgehead atoms. The van der Waals surface area contributed by atoms with Gasteiger partial charge in [-0.15, -0.1) is 0 Å². The van der Waals surface area contributed by atoms with E-state index in [2.05, 4.69) is 11.6 Å². The summed E-state index contributed by atoms with van der Waals surface area (Å²) in [6.07, 6.45) is 2.89. The van der Waals surface area contributed by atoms with E-state index < -0.39 is 7.60 Å². The van der Waals surface area contributed by atoms with E-state index in [0.717, 1.165) is 0 Å². The molecule has 2 N–H and O–H groups in total. The quantitative estimate of drug-likeness (QED) is 0.680. The molecule has 0 saturated heterocycles. The Hall–Kier alpha value is -0.960. The van der Waals surface area contributed by atoms with Crippen molar-refractivity contribution in [1.29, 1.82) is 0 Å². The summed E-state index contributed by atoms with van der Waals surface area (Å²) < 4.78 is 10.7. The second-order valence-electron chi connectivity index (χ2n) is 2.23.